The molecule has 3 N–H and O–H groups in total. The van der Waals surface area contributed by atoms with Gasteiger partial charge in [-0.05, 0) is 83.1 Å². The lowest BCUT2D eigenvalue weighted by atomic mass is 9.80. The van der Waals surface area contributed by atoms with Crippen LogP contribution in [-0.4, -0.2) is 95.3 Å². The quantitative estimate of drug-likeness (QED) is 0.338. The van der Waals surface area contributed by atoms with Crippen molar-refractivity contribution in [2.45, 2.75) is 173 Å². The van der Waals surface area contributed by atoms with Gasteiger partial charge in [0.05, 0.1) is 0 Å². The number of nitrogens with one attached hydrogen (secondary N) is 1. The summed E-state index contributed by atoms with van der Waals surface area (Å²) in [5.74, 6) is 0. The van der Waals surface area contributed by atoms with Crippen LogP contribution in [0.4, 0.5) is 14.4 Å². The smallest absolute Gasteiger partial charge is 0.429 e. The van der Waals surface area contributed by atoms with Crippen LogP contribution in [0, 0.1) is 0 Å². The molecule has 0 aromatic heterocycles. The molecule has 0 spiro atoms. The van der Waals surface area contributed by atoms with Gasteiger partial charge in [0.2, 0.25) is 0 Å². The Morgan fingerprint density at radius 3 is 1.05 bits per heavy atom. The number of hydroxylamine groups is 4. The molecular weight excluding hydrogens is 544 g/mol. The molecule has 0 saturated carbocycles. The minimum absolute atomic E-state index is 0.282. The molecule has 3 saturated heterocycles. The maximum absolute atomic E-state index is 13.6. The second kappa shape index (κ2) is 11.2. The predicted octanol–water partition coefficient (Wildman–Crippen LogP) is 5.83. The highest BCUT2D eigenvalue weighted by Crippen LogP contribution is 2.40. The molecule has 0 aromatic rings. The largest absolute Gasteiger partial charge is 0.445 e. The number of amides is 3. The van der Waals surface area contributed by atoms with Crippen molar-refractivity contribution in [3.8, 4) is 0 Å². The van der Waals surface area contributed by atoms with Crippen molar-refractivity contribution in [3.05, 3.63) is 0 Å². The Hall–Kier alpha value is -1.99. The molecule has 3 heterocycles. The van der Waals surface area contributed by atoms with E-state index in [9.17, 15) is 24.8 Å². The molecule has 3 fully saturated rings. The van der Waals surface area contributed by atoms with Gasteiger partial charge in [0, 0.05) is 71.8 Å². The van der Waals surface area contributed by atoms with Gasteiger partial charge in [0.1, 0.15) is 18.3 Å². The summed E-state index contributed by atoms with van der Waals surface area (Å²) in [6.07, 6.45) is -3.34. The average Bonchev–Trinajstić information content (AvgIpc) is 2.72. The van der Waals surface area contributed by atoms with Crippen molar-refractivity contribution in [2.24, 2.45) is 0 Å². The highest BCUT2D eigenvalue weighted by molar-refractivity contribution is 6.04. The van der Waals surface area contributed by atoms with E-state index in [1.807, 2.05) is 83.1 Å². The maximum atomic E-state index is 13.6. The van der Waals surface area contributed by atoms with E-state index in [2.05, 4.69) is 5.32 Å². The van der Waals surface area contributed by atoms with E-state index < -0.39 is 58.7 Å². The summed E-state index contributed by atoms with van der Waals surface area (Å²) < 4.78 is 17.3. The van der Waals surface area contributed by atoms with Gasteiger partial charge in [-0.1, -0.05) is 0 Å². The normalized spacial score (nSPS) is 27.6. The second-order valence-corrected chi connectivity index (χ2v) is 16.3. The number of nitrogens with zero attached hydrogens (tertiary/aromatic N) is 3. The second-order valence-electron chi connectivity index (χ2n) is 16.3. The molecule has 0 unspecified atom stereocenters. The third-order valence-corrected chi connectivity index (χ3v) is 8.71. The number of ether oxygens (including phenoxy) is 3. The SMILES string of the molecule is CC1(C)CC(OC(=O)N(C(=O)OC2CC(C)(C)N(O)C(C)(C)C2)C(=O)OC2CC(C)(C)N(O)C(C)(C)C2)CC(C)(C)N1. The molecule has 12 heteroatoms. The van der Waals surface area contributed by atoms with E-state index in [0.717, 1.165) is 0 Å². The summed E-state index contributed by atoms with van der Waals surface area (Å²) >= 11 is 0. The zero-order valence-electron chi connectivity index (χ0n) is 27.7. The van der Waals surface area contributed by atoms with Gasteiger partial charge < -0.3 is 29.9 Å². The number of imide groups is 3. The summed E-state index contributed by atoms with van der Waals surface area (Å²) in [4.78, 5) is 41.1. The van der Waals surface area contributed by atoms with Crippen molar-refractivity contribution < 1.29 is 39.0 Å². The highest BCUT2D eigenvalue weighted by atomic mass is 16.6. The van der Waals surface area contributed by atoms with Crippen molar-refractivity contribution >= 4 is 18.3 Å². The lowest BCUT2D eigenvalue weighted by Crippen LogP contribution is -2.62. The van der Waals surface area contributed by atoms with Gasteiger partial charge in [-0.25, -0.2) is 14.4 Å². The minimum Gasteiger partial charge on any atom is -0.445 e. The van der Waals surface area contributed by atoms with E-state index in [-0.39, 0.29) is 36.8 Å². The van der Waals surface area contributed by atoms with Gasteiger partial charge in [-0.2, -0.15) is 10.1 Å². The summed E-state index contributed by atoms with van der Waals surface area (Å²) in [6.45, 7) is 22.6. The Bertz CT molecular complexity index is 946. The van der Waals surface area contributed by atoms with Crippen LogP contribution in [0.1, 0.15) is 122 Å². The van der Waals surface area contributed by atoms with Crippen LogP contribution >= 0.6 is 0 Å². The number of carbonyl (C=O) groups is 3. The summed E-state index contributed by atoms with van der Waals surface area (Å²) in [7, 11) is 0. The molecular formula is C30H54N4O8. The monoisotopic (exact) mass is 598 g/mol. The first-order chi connectivity index (χ1) is 18.8. The standard InChI is InChI=1S/C30H54N4O8/c1-25(2)13-19(14-26(3,4)31-25)40-22(35)32(23(36)41-20-15-27(5,6)33(38)28(7,8)16-20)24(37)42-21-17-29(9,10)34(39)30(11,12)18-21/h19-21,31,38-39H,13-18H2,1-12H3. The fourth-order valence-electron chi connectivity index (χ4n) is 7.65. The molecule has 0 aliphatic carbocycles. The third kappa shape index (κ3) is 7.74. The van der Waals surface area contributed by atoms with E-state index in [1.54, 1.807) is 0 Å². The van der Waals surface area contributed by atoms with Gasteiger partial charge >= 0.3 is 18.3 Å². The Kier molecular flexibility index (Phi) is 9.18. The maximum Gasteiger partial charge on any atom is 0.429 e. The number of carbonyl (C=O) groups excluding carboxylic acids is 3. The van der Waals surface area contributed by atoms with Gasteiger partial charge in [-0.15, -0.1) is 4.90 Å². The summed E-state index contributed by atoms with van der Waals surface area (Å²) in [5.41, 5.74) is -3.58. The number of hydrogen-bond acceptors (Lipinski definition) is 11. The number of hydrogen-bond donors (Lipinski definition) is 3. The van der Waals surface area contributed by atoms with E-state index >= 15 is 0 Å². The average molecular weight is 599 g/mol. The fraction of sp³-hybridized carbons (Fsp3) is 0.900. The van der Waals surface area contributed by atoms with Crippen LogP contribution in [-0.2, 0) is 14.2 Å². The first-order valence-corrected chi connectivity index (χ1v) is 15.0. The zero-order chi connectivity index (χ0) is 32.3. The minimum atomic E-state index is -1.18. The molecule has 3 amide bonds. The Morgan fingerprint density at radius 1 is 0.548 bits per heavy atom. The Balaban J connectivity index is 1.85. The molecule has 0 aromatic carbocycles. The molecule has 3 aliphatic heterocycles. The van der Waals surface area contributed by atoms with Crippen molar-refractivity contribution in [1.82, 2.24) is 20.3 Å². The number of rotatable bonds is 3. The van der Waals surface area contributed by atoms with Crippen LogP contribution in [0.2, 0.25) is 0 Å². The van der Waals surface area contributed by atoms with Crippen LogP contribution in [0.25, 0.3) is 0 Å². The predicted molar refractivity (Wildman–Crippen MR) is 155 cm³/mol. The van der Waals surface area contributed by atoms with Crippen LogP contribution in [0.5, 0.6) is 0 Å². The van der Waals surface area contributed by atoms with Crippen molar-refractivity contribution in [2.75, 3.05) is 0 Å². The van der Waals surface area contributed by atoms with E-state index in [0.29, 0.717) is 17.7 Å². The van der Waals surface area contributed by atoms with Gasteiger partial charge in [0.15, 0.2) is 0 Å². The molecule has 0 radical (unpaired) electrons. The zero-order valence-corrected chi connectivity index (χ0v) is 27.7. The van der Waals surface area contributed by atoms with Gasteiger partial charge in [0.25, 0.3) is 0 Å². The lowest BCUT2D eigenvalue weighted by molar-refractivity contribution is -0.258. The van der Waals surface area contributed by atoms with Crippen molar-refractivity contribution in [3.63, 3.8) is 0 Å². The highest BCUT2D eigenvalue weighted by Gasteiger charge is 2.50. The Morgan fingerprint density at radius 2 is 0.786 bits per heavy atom. The summed E-state index contributed by atoms with van der Waals surface area (Å²) in [6, 6.07) is 0. The molecule has 12 nitrogen and oxygen atoms in total. The first kappa shape index (κ1) is 34.5. The molecule has 3 aliphatic rings. The Labute approximate surface area is 250 Å². The van der Waals surface area contributed by atoms with Crippen LogP contribution in [0.15, 0.2) is 0 Å². The topological polar surface area (TPSA) is 141 Å². The van der Waals surface area contributed by atoms with Crippen LogP contribution < -0.4 is 5.32 Å². The van der Waals surface area contributed by atoms with Crippen molar-refractivity contribution in [1.29, 1.82) is 0 Å². The fourth-order valence-corrected chi connectivity index (χ4v) is 7.65. The van der Waals surface area contributed by atoms with Crippen LogP contribution in [0.3, 0.4) is 0 Å². The van der Waals surface area contributed by atoms with E-state index in [4.69, 9.17) is 14.2 Å². The molecule has 42 heavy (non-hydrogen) atoms. The first-order valence-electron chi connectivity index (χ1n) is 15.0. The summed E-state index contributed by atoms with van der Waals surface area (Å²) in [5, 5.41) is 27.3. The third-order valence-electron chi connectivity index (χ3n) is 8.71. The number of piperidine rings is 3. The van der Waals surface area contributed by atoms with E-state index in [1.165, 1.54) is 10.1 Å². The molecule has 3 rings (SSSR count). The molecule has 0 bridgehead atoms. The van der Waals surface area contributed by atoms with Gasteiger partial charge in [-0.3, -0.25) is 0 Å². The lowest BCUT2D eigenvalue weighted by Gasteiger charge is -2.51. The molecule has 242 valence electrons. The molecule has 0 atom stereocenters.